The minimum absolute atomic E-state index is 0.156. The molecule has 0 spiro atoms. The molecule has 0 unspecified atom stereocenters. The number of nitrogens with one attached hydrogen (secondary N) is 1. The molecular formula is C16H22BrFN2O2S. The fourth-order valence-corrected chi connectivity index (χ4v) is 3.41. The minimum Gasteiger partial charge on any atom is -0.347 e. The Morgan fingerprint density at radius 1 is 1.26 bits per heavy atom. The summed E-state index contributed by atoms with van der Waals surface area (Å²) in [6.45, 7) is 8.40. The van der Waals surface area contributed by atoms with Gasteiger partial charge in [0.1, 0.15) is 5.82 Å². The van der Waals surface area contributed by atoms with Crippen LogP contribution < -0.4 is 4.72 Å². The lowest BCUT2D eigenvalue weighted by Crippen LogP contribution is -2.30. The zero-order valence-corrected chi connectivity index (χ0v) is 16.1. The number of rotatable bonds is 6. The van der Waals surface area contributed by atoms with Gasteiger partial charge in [-0.25, -0.2) is 17.5 Å². The molecule has 23 heavy (non-hydrogen) atoms. The van der Waals surface area contributed by atoms with Crippen LogP contribution in [0.3, 0.4) is 0 Å². The lowest BCUT2D eigenvalue weighted by atomic mass is 10.2. The first-order chi connectivity index (χ1) is 10.6. The zero-order valence-electron chi connectivity index (χ0n) is 13.7. The molecule has 1 aromatic carbocycles. The van der Waals surface area contributed by atoms with Crippen LogP contribution in [0.2, 0.25) is 0 Å². The third-order valence-electron chi connectivity index (χ3n) is 3.65. The summed E-state index contributed by atoms with van der Waals surface area (Å²) in [5.41, 5.74) is 1.67. The maximum absolute atomic E-state index is 13.9. The second-order valence-corrected chi connectivity index (χ2v) is 9.57. The van der Waals surface area contributed by atoms with Crippen LogP contribution in [0.4, 0.5) is 4.39 Å². The summed E-state index contributed by atoms with van der Waals surface area (Å²) in [7, 11) is -3.36. The molecule has 0 radical (unpaired) electrons. The lowest BCUT2D eigenvalue weighted by Gasteiger charge is -2.09. The number of hydrogen-bond acceptors (Lipinski definition) is 2. The molecule has 0 fully saturated rings. The molecule has 1 aromatic heterocycles. The monoisotopic (exact) mass is 404 g/mol. The molecule has 1 N–H and O–H groups in total. The third-order valence-corrected chi connectivity index (χ3v) is 6.05. The molecule has 0 aliphatic rings. The Balaban J connectivity index is 2.45. The van der Waals surface area contributed by atoms with Crippen LogP contribution in [0.1, 0.15) is 33.3 Å². The summed E-state index contributed by atoms with van der Waals surface area (Å²) in [4.78, 5) is 0. The van der Waals surface area contributed by atoms with Gasteiger partial charge >= 0.3 is 0 Å². The Hall–Kier alpha value is -0.920. The first-order valence-corrected chi connectivity index (χ1v) is 9.91. The van der Waals surface area contributed by atoms with Crippen molar-refractivity contribution in [2.24, 2.45) is 5.92 Å². The third kappa shape index (κ3) is 4.14. The molecule has 2 aromatic rings. The minimum atomic E-state index is -3.36. The highest BCUT2D eigenvalue weighted by molar-refractivity contribution is 9.10. The topological polar surface area (TPSA) is 51.1 Å². The van der Waals surface area contributed by atoms with Gasteiger partial charge in [0.05, 0.1) is 9.72 Å². The molecule has 0 atom stereocenters. The summed E-state index contributed by atoms with van der Waals surface area (Å²) in [6, 6.07) is 3.20. The molecule has 4 nitrogen and oxygen atoms in total. The van der Waals surface area contributed by atoms with Gasteiger partial charge in [-0.1, -0.05) is 13.8 Å². The van der Waals surface area contributed by atoms with Gasteiger partial charge in [0.15, 0.2) is 0 Å². The van der Waals surface area contributed by atoms with Gasteiger partial charge in [-0.2, -0.15) is 0 Å². The molecule has 0 aliphatic carbocycles. The molecule has 7 heteroatoms. The average molecular weight is 405 g/mol. The van der Waals surface area contributed by atoms with Crippen LogP contribution in [0.25, 0.3) is 10.9 Å². The standard InChI is InChI=1S/C16H22BrFN2O2S/c1-10(2)8-20-9-12(7-19-23(21,22)11(3)4)13-5-15(18)14(17)6-16(13)20/h5-6,9-11,19H,7-8H2,1-4H3. The summed E-state index contributed by atoms with van der Waals surface area (Å²) in [5, 5.41) is 0.232. The van der Waals surface area contributed by atoms with Crippen molar-refractivity contribution in [1.82, 2.24) is 9.29 Å². The highest BCUT2D eigenvalue weighted by Crippen LogP contribution is 2.28. The number of aromatic nitrogens is 1. The highest BCUT2D eigenvalue weighted by atomic mass is 79.9. The molecule has 0 saturated carbocycles. The molecule has 0 saturated heterocycles. The molecule has 1 heterocycles. The van der Waals surface area contributed by atoms with Crippen LogP contribution in [0, 0.1) is 11.7 Å². The van der Waals surface area contributed by atoms with E-state index in [0.717, 1.165) is 23.0 Å². The smallest absolute Gasteiger partial charge is 0.214 e. The molecule has 0 bridgehead atoms. The van der Waals surface area contributed by atoms with Crippen molar-refractivity contribution in [2.45, 2.75) is 46.0 Å². The van der Waals surface area contributed by atoms with E-state index in [4.69, 9.17) is 0 Å². The second-order valence-electron chi connectivity index (χ2n) is 6.40. The molecule has 0 amide bonds. The molecular weight excluding hydrogens is 383 g/mol. The zero-order chi connectivity index (χ0) is 17.4. The first-order valence-electron chi connectivity index (χ1n) is 7.57. The van der Waals surface area contributed by atoms with Crippen molar-refractivity contribution in [3.8, 4) is 0 Å². The number of nitrogens with zero attached hydrogens (tertiary/aromatic N) is 1. The number of sulfonamides is 1. The van der Waals surface area contributed by atoms with E-state index in [1.54, 1.807) is 19.9 Å². The Morgan fingerprint density at radius 3 is 2.48 bits per heavy atom. The number of hydrogen-bond donors (Lipinski definition) is 1. The normalized spacial score (nSPS) is 12.7. The van der Waals surface area contributed by atoms with Crippen molar-refractivity contribution in [2.75, 3.05) is 0 Å². The van der Waals surface area contributed by atoms with Crippen LogP contribution in [-0.4, -0.2) is 18.2 Å². The Labute approximate surface area is 145 Å². The van der Waals surface area contributed by atoms with Crippen LogP contribution in [-0.2, 0) is 23.1 Å². The van der Waals surface area contributed by atoms with Gasteiger partial charge in [-0.3, -0.25) is 0 Å². The fraction of sp³-hybridized carbons (Fsp3) is 0.500. The van der Waals surface area contributed by atoms with Gasteiger partial charge in [-0.15, -0.1) is 0 Å². The molecule has 0 aliphatic heterocycles. The van der Waals surface area contributed by atoms with Crippen molar-refractivity contribution in [1.29, 1.82) is 0 Å². The quantitative estimate of drug-likeness (QED) is 0.789. The maximum Gasteiger partial charge on any atom is 0.214 e. The van der Waals surface area contributed by atoms with Crippen molar-refractivity contribution in [3.63, 3.8) is 0 Å². The van der Waals surface area contributed by atoms with Crippen LogP contribution >= 0.6 is 15.9 Å². The summed E-state index contributed by atoms with van der Waals surface area (Å²) < 4.78 is 42.8. The van der Waals surface area contributed by atoms with Crippen molar-refractivity contribution >= 4 is 36.9 Å². The molecule has 2 rings (SSSR count). The predicted octanol–water partition coefficient (Wildman–Crippen LogP) is 4.03. The molecule has 128 valence electrons. The van der Waals surface area contributed by atoms with Gasteiger partial charge < -0.3 is 4.57 Å². The summed E-state index contributed by atoms with van der Waals surface area (Å²) >= 11 is 3.22. The summed E-state index contributed by atoms with van der Waals surface area (Å²) in [5.74, 6) is 0.0717. The van der Waals surface area contributed by atoms with E-state index >= 15 is 0 Å². The van der Waals surface area contributed by atoms with E-state index in [9.17, 15) is 12.8 Å². The number of benzene rings is 1. The van der Waals surface area contributed by atoms with Crippen molar-refractivity contribution < 1.29 is 12.8 Å². The van der Waals surface area contributed by atoms with E-state index in [0.29, 0.717) is 10.4 Å². The van der Waals surface area contributed by atoms with E-state index in [1.165, 1.54) is 6.07 Å². The van der Waals surface area contributed by atoms with Gasteiger partial charge in [0.2, 0.25) is 10.0 Å². The second kappa shape index (κ2) is 6.91. The largest absolute Gasteiger partial charge is 0.347 e. The average Bonchev–Trinajstić information content (AvgIpc) is 2.74. The maximum atomic E-state index is 13.9. The van der Waals surface area contributed by atoms with E-state index in [1.807, 2.05) is 10.8 Å². The Morgan fingerprint density at radius 2 is 1.91 bits per heavy atom. The van der Waals surface area contributed by atoms with E-state index < -0.39 is 15.3 Å². The Bertz CT molecular complexity index is 813. The van der Waals surface area contributed by atoms with Crippen molar-refractivity contribution in [3.05, 3.63) is 34.2 Å². The lowest BCUT2D eigenvalue weighted by molar-refractivity contribution is 0.533. The number of fused-ring (bicyclic) bond motifs is 1. The van der Waals surface area contributed by atoms with Gasteiger partial charge in [0.25, 0.3) is 0 Å². The van der Waals surface area contributed by atoms with Gasteiger partial charge in [-0.05, 0) is 53.4 Å². The number of halogens is 2. The fourth-order valence-electron chi connectivity index (χ4n) is 2.39. The predicted molar refractivity (Wildman–Crippen MR) is 95.3 cm³/mol. The van der Waals surface area contributed by atoms with Crippen LogP contribution in [0.15, 0.2) is 22.8 Å². The van der Waals surface area contributed by atoms with Crippen LogP contribution in [0.5, 0.6) is 0 Å². The van der Waals surface area contributed by atoms with E-state index in [-0.39, 0.29) is 12.4 Å². The first kappa shape index (κ1) is 18.4. The van der Waals surface area contributed by atoms with Gasteiger partial charge in [0, 0.05) is 30.2 Å². The Kier molecular flexibility index (Phi) is 5.53. The highest BCUT2D eigenvalue weighted by Gasteiger charge is 2.18. The summed E-state index contributed by atoms with van der Waals surface area (Å²) in [6.07, 6.45) is 1.90. The SMILES string of the molecule is CC(C)Cn1cc(CNS(=O)(=O)C(C)C)c2cc(F)c(Br)cc21. The van der Waals surface area contributed by atoms with E-state index in [2.05, 4.69) is 34.5 Å².